The number of nitrogens with zero attached hydrogens (tertiary/aromatic N) is 3. The molecule has 0 aliphatic carbocycles. The molecule has 0 amide bonds. The number of methoxy groups -OCH3 is 1. The van der Waals surface area contributed by atoms with Crippen molar-refractivity contribution in [3.63, 3.8) is 0 Å². The highest BCUT2D eigenvalue weighted by molar-refractivity contribution is 5.98. The summed E-state index contributed by atoms with van der Waals surface area (Å²) >= 11 is 0. The van der Waals surface area contributed by atoms with Crippen LogP contribution in [0.15, 0.2) is 164 Å². The molecule has 2 heterocycles. The smallest absolute Gasteiger partial charge is 0.149 e. The third kappa shape index (κ3) is 7.55. The fraction of sp³-hybridized carbons (Fsp3) is 0.158. The van der Waals surface area contributed by atoms with Crippen molar-refractivity contribution in [2.75, 3.05) is 7.11 Å². The van der Waals surface area contributed by atoms with Crippen LogP contribution in [0.5, 0.6) is 5.75 Å². The van der Waals surface area contributed by atoms with E-state index in [1.54, 1.807) is 7.11 Å². The first-order valence-electron chi connectivity index (χ1n) is 22.3. The maximum Gasteiger partial charge on any atom is 0.149 e. The summed E-state index contributed by atoms with van der Waals surface area (Å²) in [6.07, 6.45) is 1.89. The fourth-order valence-corrected chi connectivity index (χ4v) is 8.50. The van der Waals surface area contributed by atoms with Gasteiger partial charge in [0.1, 0.15) is 11.6 Å². The average Bonchev–Trinajstić information content (AvgIpc) is 3.68. The van der Waals surface area contributed by atoms with Gasteiger partial charge in [0.05, 0.1) is 35.1 Å². The number of benzene rings is 7. The van der Waals surface area contributed by atoms with Crippen LogP contribution in [0.1, 0.15) is 52.7 Å². The Hall–Kier alpha value is -7.04. The third-order valence-corrected chi connectivity index (χ3v) is 11.6. The first-order valence-corrected chi connectivity index (χ1v) is 20.8. The monoisotopic (exact) mass is 796 g/mol. The molecule has 0 atom stereocenters. The molecule has 300 valence electrons. The van der Waals surface area contributed by atoms with E-state index >= 15 is 0 Å². The molecular weight excluding hydrogens is 743 g/mol. The molecule has 9 aromatic rings. The quantitative estimate of drug-likeness (QED) is 0.154. The molecule has 0 N–H and O–H groups in total. The Morgan fingerprint density at radius 3 is 1.93 bits per heavy atom. The molecule has 0 saturated carbocycles. The largest absolute Gasteiger partial charge is 0.496 e. The Morgan fingerprint density at radius 2 is 1.25 bits per heavy atom. The molecular formula is C57H51N3O. The lowest BCUT2D eigenvalue weighted by Crippen LogP contribution is -2.11. The number of hydrogen-bond donors (Lipinski definition) is 0. The summed E-state index contributed by atoms with van der Waals surface area (Å²) in [5, 5.41) is 0. The highest BCUT2D eigenvalue weighted by Crippen LogP contribution is 2.44. The maximum absolute atomic E-state index is 8.80. The number of pyridine rings is 1. The Kier molecular flexibility index (Phi) is 9.32. The summed E-state index contributed by atoms with van der Waals surface area (Å²) in [6, 6.07) is 53.9. The van der Waals surface area contributed by atoms with E-state index in [9.17, 15) is 0 Å². The van der Waals surface area contributed by atoms with Crippen molar-refractivity contribution in [3.8, 4) is 78.6 Å². The summed E-state index contributed by atoms with van der Waals surface area (Å²) in [4.78, 5) is 10.6. The summed E-state index contributed by atoms with van der Waals surface area (Å²) in [5.74, 6) is 1.41. The van der Waals surface area contributed by atoms with E-state index in [4.69, 9.17) is 18.8 Å². The minimum absolute atomic E-state index is 0.173. The van der Waals surface area contributed by atoms with E-state index in [1.165, 1.54) is 11.1 Å². The molecule has 0 aliphatic rings. The van der Waals surface area contributed by atoms with Gasteiger partial charge in [0.25, 0.3) is 0 Å². The molecule has 4 heteroatoms. The summed E-state index contributed by atoms with van der Waals surface area (Å²) in [5.41, 5.74) is 17.1. The van der Waals surface area contributed by atoms with Crippen LogP contribution in [0, 0.1) is 27.6 Å². The molecule has 0 spiro atoms. The Labute approximate surface area is 364 Å². The molecule has 0 fully saturated rings. The molecule has 0 aliphatic heterocycles. The summed E-state index contributed by atoms with van der Waals surface area (Å²) in [7, 11) is 1.70. The molecule has 9 rings (SSSR count). The highest BCUT2D eigenvalue weighted by atomic mass is 16.5. The standard InChI is InChI=1S/C57H51N3O/c1-36-22-24-40(25-23-36)43-26-27-58-51(34-43)45-31-44(32-46(33-45)57(5,6)7)47-20-15-21-52-54(47)59-56(50-29-37(2)28-39(4)55(50)61-8)60(52)53-35-48(41-16-11-9-12-17-41)38(3)30-49(53)42-18-13-10-14-19-42/h9-35H,1-8H3/i3D3. The Bertz CT molecular complexity index is 3180. The van der Waals surface area contributed by atoms with Crippen LogP contribution in [-0.2, 0) is 5.41 Å². The minimum atomic E-state index is -2.39. The van der Waals surface area contributed by atoms with Gasteiger partial charge in [-0.25, -0.2) is 4.98 Å². The van der Waals surface area contributed by atoms with Crippen molar-refractivity contribution in [1.82, 2.24) is 14.5 Å². The number of para-hydroxylation sites is 1. The van der Waals surface area contributed by atoms with E-state index in [0.29, 0.717) is 11.4 Å². The van der Waals surface area contributed by atoms with Crippen molar-refractivity contribution in [3.05, 3.63) is 192 Å². The molecule has 0 unspecified atom stereocenters. The highest BCUT2D eigenvalue weighted by Gasteiger charge is 2.25. The second-order valence-corrected chi connectivity index (χ2v) is 17.1. The van der Waals surface area contributed by atoms with Gasteiger partial charge in [-0.1, -0.05) is 136 Å². The van der Waals surface area contributed by atoms with E-state index in [0.717, 1.165) is 89.4 Å². The molecule has 0 radical (unpaired) electrons. The van der Waals surface area contributed by atoms with Crippen molar-refractivity contribution in [2.24, 2.45) is 0 Å². The van der Waals surface area contributed by atoms with Crippen LogP contribution in [0.2, 0.25) is 0 Å². The van der Waals surface area contributed by atoms with Crippen molar-refractivity contribution in [1.29, 1.82) is 0 Å². The lowest BCUT2D eigenvalue weighted by Gasteiger charge is -2.22. The second-order valence-electron chi connectivity index (χ2n) is 17.1. The van der Waals surface area contributed by atoms with Crippen molar-refractivity contribution >= 4 is 11.0 Å². The van der Waals surface area contributed by atoms with Gasteiger partial charge in [0.2, 0.25) is 0 Å². The number of imidazole rings is 1. The van der Waals surface area contributed by atoms with Gasteiger partial charge in [-0.15, -0.1) is 0 Å². The number of aryl methyl sites for hydroxylation is 4. The normalized spacial score (nSPS) is 12.5. The van der Waals surface area contributed by atoms with Crippen LogP contribution in [-0.4, -0.2) is 21.6 Å². The average molecular weight is 797 g/mol. The van der Waals surface area contributed by atoms with Gasteiger partial charge in [-0.2, -0.15) is 0 Å². The van der Waals surface area contributed by atoms with Crippen molar-refractivity contribution in [2.45, 2.75) is 53.8 Å². The third-order valence-electron chi connectivity index (χ3n) is 11.6. The van der Waals surface area contributed by atoms with Crippen LogP contribution >= 0.6 is 0 Å². The first kappa shape index (κ1) is 35.9. The second kappa shape index (κ2) is 15.9. The van der Waals surface area contributed by atoms with Gasteiger partial charge >= 0.3 is 0 Å². The molecule has 7 aromatic carbocycles. The zero-order valence-corrected chi connectivity index (χ0v) is 35.8. The first-order chi connectivity index (χ1) is 30.7. The van der Waals surface area contributed by atoms with Crippen LogP contribution in [0.25, 0.3) is 83.9 Å². The Morgan fingerprint density at radius 1 is 0.541 bits per heavy atom. The molecule has 4 nitrogen and oxygen atoms in total. The number of aromatic nitrogens is 3. The molecule has 2 aromatic heterocycles. The van der Waals surface area contributed by atoms with E-state index in [-0.39, 0.29) is 11.0 Å². The van der Waals surface area contributed by atoms with Crippen LogP contribution < -0.4 is 4.74 Å². The zero-order valence-electron chi connectivity index (χ0n) is 38.8. The summed E-state index contributed by atoms with van der Waals surface area (Å²) in [6.45, 7) is 10.6. The minimum Gasteiger partial charge on any atom is -0.496 e. The van der Waals surface area contributed by atoms with Crippen molar-refractivity contribution < 1.29 is 8.85 Å². The predicted octanol–water partition coefficient (Wildman–Crippen LogP) is 15.0. The van der Waals surface area contributed by atoms with Gasteiger partial charge in [0, 0.05) is 27.0 Å². The van der Waals surface area contributed by atoms with E-state index in [2.05, 4.69) is 131 Å². The number of ether oxygens (including phenoxy) is 1. The fourth-order valence-electron chi connectivity index (χ4n) is 8.50. The Balaban J connectivity index is 1.37. The number of rotatable bonds is 8. The SMILES string of the molecule is [2H]C([2H])([2H])c1cc(-c2ccccc2)c(-n2c(-c3cc(C)cc(C)c3OC)nc3c(-c4cc(-c5cc(-c6ccc(C)cc6)ccn5)cc(C(C)(C)C)c4)cccc32)cc1-c1ccccc1. The molecule has 0 saturated heterocycles. The topological polar surface area (TPSA) is 39.9 Å². The van der Waals surface area contributed by atoms with E-state index < -0.39 is 6.85 Å². The van der Waals surface area contributed by atoms with Gasteiger partial charge in [-0.3, -0.25) is 9.55 Å². The lowest BCUT2D eigenvalue weighted by molar-refractivity contribution is 0.413. The van der Waals surface area contributed by atoms with Gasteiger partial charge < -0.3 is 4.74 Å². The number of fused-ring (bicyclic) bond motifs is 1. The van der Waals surface area contributed by atoms with Gasteiger partial charge in [0.15, 0.2) is 0 Å². The number of hydrogen-bond acceptors (Lipinski definition) is 3. The van der Waals surface area contributed by atoms with E-state index in [1.807, 2.05) is 79.0 Å². The summed E-state index contributed by atoms with van der Waals surface area (Å²) < 4.78 is 34.8. The molecule has 0 bridgehead atoms. The lowest BCUT2D eigenvalue weighted by atomic mass is 9.83. The van der Waals surface area contributed by atoms with Gasteiger partial charge in [-0.05, 0) is 137 Å². The van der Waals surface area contributed by atoms with Crippen LogP contribution in [0.3, 0.4) is 0 Å². The molecule has 61 heavy (non-hydrogen) atoms. The predicted molar refractivity (Wildman–Crippen MR) is 256 cm³/mol. The zero-order chi connectivity index (χ0) is 44.9. The van der Waals surface area contributed by atoms with Crippen LogP contribution in [0.4, 0.5) is 0 Å². The maximum atomic E-state index is 8.80.